The van der Waals surface area contributed by atoms with Crippen LogP contribution in [0.2, 0.25) is 0 Å². The van der Waals surface area contributed by atoms with Crippen molar-refractivity contribution in [1.29, 1.82) is 0 Å². The van der Waals surface area contributed by atoms with Crippen LogP contribution in [0, 0.1) is 3.57 Å². The molecule has 0 aromatic heterocycles. The molecule has 0 saturated heterocycles. The van der Waals surface area contributed by atoms with E-state index < -0.39 is 22.5 Å². The van der Waals surface area contributed by atoms with E-state index in [1.165, 1.54) is 6.21 Å². The van der Waals surface area contributed by atoms with Crippen LogP contribution in [-0.2, 0) is 19.6 Å². The Morgan fingerprint density at radius 1 is 0.971 bits per heavy atom. The minimum absolute atomic E-state index is 0.143. The zero-order chi connectivity index (χ0) is 25.3. The second-order valence-corrected chi connectivity index (χ2v) is 10.5. The zero-order valence-corrected chi connectivity index (χ0v) is 21.7. The number of carbonyl (C=O) groups is 2. The lowest BCUT2D eigenvalue weighted by atomic mass is 10.2. The summed E-state index contributed by atoms with van der Waals surface area (Å²) in [4.78, 5) is 24.2. The molecule has 0 atom stereocenters. The molecule has 0 fully saturated rings. The number of ether oxygens (including phenoxy) is 1. The number of nitrogens with zero attached hydrogens (tertiary/aromatic N) is 2. The third-order valence-corrected chi connectivity index (χ3v) is 6.37. The fourth-order valence-corrected chi connectivity index (χ4v) is 4.09. The van der Waals surface area contributed by atoms with Crippen LogP contribution in [0.25, 0.3) is 0 Å². The maximum atomic E-state index is 12.3. The fraction of sp³-hybridized carbons (Fsp3) is 0.125. The van der Waals surface area contributed by atoms with Crippen molar-refractivity contribution in [3.05, 3.63) is 88.0 Å². The number of sulfonamides is 1. The Kier molecular flexibility index (Phi) is 9.20. The first-order valence-corrected chi connectivity index (χ1v) is 13.3. The molecule has 11 heteroatoms. The lowest BCUT2D eigenvalue weighted by Crippen LogP contribution is -2.39. The van der Waals surface area contributed by atoms with Gasteiger partial charge in [0.25, 0.3) is 11.8 Å². The highest BCUT2D eigenvalue weighted by atomic mass is 127. The molecule has 0 aliphatic heterocycles. The number of hydrogen-bond donors (Lipinski definition) is 2. The largest absolute Gasteiger partial charge is 0.484 e. The van der Waals surface area contributed by atoms with Crippen LogP contribution in [0.15, 0.2) is 84.0 Å². The normalized spacial score (nSPS) is 11.1. The van der Waals surface area contributed by atoms with Crippen LogP contribution in [0.5, 0.6) is 5.75 Å². The minimum Gasteiger partial charge on any atom is -0.484 e. The predicted octanol–water partition coefficient (Wildman–Crippen LogP) is 3.23. The molecule has 2 amide bonds. The van der Waals surface area contributed by atoms with E-state index in [4.69, 9.17) is 4.74 Å². The molecule has 0 unspecified atom stereocenters. The van der Waals surface area contributed by atoms with Crippen LogP contribution >= 0.6 is 22.6 Å². The van der Waals surface area contributed by atoms with E-state index in [-0.39, 0.29) is 12.5 Å². The Balaban J connectivity index is 1.49. The molecular formula is C24H23IN4O5S. The number of halogens is 1. The van der Waals surface area contributed by atoms with Crippen LogP contribution in [0.4, 0.5) is 11.4 Å². The summed E-state index contributed by atoms with van der Waals surface area (Å²) in [5.74, 6) is -0.372. The molecule has 3 aromatic rings. The van der Waals surface area contributed by atoms with Crippen molar-refractivity contribution in [2.24, 2.45) is 5.10 Å². The van der Waals surface area contributed by atoms with E-state index in [0.29, 0.717) is 22.7 Å². The smallest absolute Gasteiger partial charge is 0.262 e. The Hall–Kier alpha value is -3.45. The number of anilines is 2. The first kappa shape index (κ1) is 26.2. The van der Waals surface area contributed by atoms with Gasteiger partial charge in [0.2, 0.25) is 10.0 Å². The SMILES string of the molecule is CS(=O)(=O)N(CC(=O)N/N=C\c1ccc(OCC(=O)Nc2ccccc2)cc1)c1ccc(I)cc1. The van der Waals surface area contributed by atoms with Gasteiger partial charge >= 0.3 is 0 Å². The van der Waals surface area contributed by atoms with E-state index in [2.05, 4.69) is 38.4 Å². The number of para-hydroxylation sites is 1. The van der Waals surface area contributed by atoms with Crippen molar-refractivity contribution in [2.75, 3.05) is 29.0 Å². The number of hydrazone groups is 1. The first-order chi connectivity index (χ1) is 16.7. The van der Waals surface area contributed by atoms with Crippen molar-refractivity contribution in [1.82, 2.24) is 5.43 Å². The summed E-state index contributed by atoms with van der Waals surface area (Å²) in [5.41, 5.74) is 4.08. The first-order valence-electron chi connectivity index (χ1n) is 10.3. The summed E-state index contributed by atoms with van der Waals surface area (Å²) < 4.78 is 31.7. The number of nitrogens with one attached hydrogen (secondary N) is 2. The van der Waals surface area contributed by atoms with Crippen LogP contribution in [-0.4, -0.2) is 45.9 Å². The van der Waals surface area contributed by atoms with Gasteiger partial charge in [-0.3, -0.25) is 13.9 Å². The average molecular weight is 606 g/mol. The summed E-state index contributed by atoms with van der Waals surface area (Å²) in [6.07, 6.45) is 2.45. The third kappa shape index (κ3) is 8.68. The number of amides is 2. The van der Waals surface area contributed by atoms with E-state index in [1.807, 2.05) is 18.2 Å². The van der Waals surface area contributed by atoms with Crippen LogP contribution < -0.4 is 19.8 Å². The van der Waals surface area contributed by atoms with E-state index in [9.17, 15) is 18.0 Å². The van der Waals surface area contributed by atoms with Crippen LogP contribution in [0.1, 0.15) is 5.56 Å². The lowest BCUT2D eigenvalue weighted by molar-refractivity contribution is -0.119. The van der Waals surface area contributed by atoms with Gasteiger partial charge in [-0.2, -0.15) is 5.10 Å². The molecule has 9 nitrogen and oxygen atoms in total. The summed E-state index contributed by atoms with van der Waals surface area (Å²) in [7, 11) is -3.66. The zero-order valence-electron chi connectivity index (χ0n) is 18.7. The molecule has 0 heterocycles. The van der Waals surface area contributed by atoms with E-state index >= 15 is 0 Å². The molecule has 3 rings (SSSR count). The molecule has 0 aliphatic rings. The second-order valence-electron chi connectivity index (χ2n) is 7.31. The molecule has 35 heavy (non-hydrogen) atoms. The van der Waals surface area contributed by atoms with Gasteiger partial charge in [0.05, 0.1) is 18.2 Å². The van der Waals surface area contributed by atoms with Gasteiger partial charge in [0.15, 0.2) is 6.61 Å². The maximum absolute atomic E-state index is 12.3. The lowest BCUT2D eigenvalue weighted by Gasteiger charge is -2.21. The molecule has 0 bridgehead atoms. The van der Waals surface area contributed by atoms with Crippen molar-refractivity contribution in [3.63, 3.8) is 0 Å². The summed E-state index contributed by atoms with van der Waals surface area (Å²) in [5, 5.41) is 6.61. The topological polar surface area (TPSA) is 117 Å². The second kappa shape index (κ2) is 12.3. The molecule has 0 saturated carbocycles. The molecule has 0 radical (unpaired) electrons. The molecule has 2 N–H and O–H groups in total. The molecule has 0 aliphatic carbocycles. The van der Waals surface area contributed by atoms with Gasteiger partial charge in [0.1, 0.15) is 12.3 Å². The van der Waals surface area contributed by atoms with Crippen molar-refractivity contribution in [2.45, 2.75) is 0 Å². The summed E-state index contributed by atoms with van der Waals surface area (Å²) in [6, 6.07) is 22.6. The molecule has 0 spiro atoms. The Bertz CT molecular complexity index is 1280. The van der Waals surface area contributed by atoms with Crippen molar-refractivity contribution < 1.29 is 22.7 Å². The quantitative estimate of drug-likeness (QED) is 0.209. The van der Waals surface area contributed by atoms with Gasteiger partial charge in [-0.15, -0.1) is 0 Å². The summed E-state index contributed by atoms with van der Waals surface area (Å²) in [6.45, 7) is -0.551. The molecule has 3 aromatic carbocycles. The van der Waals surface area contributed by atoms with Crippen LogP contribution in [0.3, 0.4) is 0 Å². The highest BCUT2D eigenvalue weighted by molar-refractivity contribution is 14.1. The van der Waals surface area contributed by atoms with Crippen molar-refractivity contribution in [3.8, 4) is 5.75 Å². The standard InChI is InChI=1S/C24H23IN4O5S/c1-35(32,33)29(21-11-9-19(25)10-12-21)16-23(30)28-26-15-18-7-13-22(14-8-18)34-17-24(31)27-20-5-3-2-4-6-20/h2-15H,16-17H2,1H3,(H,27,31)(H,28,30)/b26-15-. The fourth-order valence-electron chi connectivity index (χ4n) is 2.87. The Morgan fingerprint density at radius 2 is 1.63 bits per heavy atom. The number of hydrogen-bond acceptors (Lipinski definition) is 6. The van der Waals surface area contributed by atoms with Crippen molar-refractivity contribution >= 4 is 62.0 Å². The van der Waals surface area contributed by atoms with E-state index in [0.717, 1.165) is 14.1 Å². The number of benzene rings is 3. The third-order valence-electron chi connectivity index (χ3n) is 4.51. The molecular weight excluding hydrogens is 583 g/mol. The highest BCUT2D eigenvalue weighted by Gasteiger charge is 2.20. The van der Waals surface area contributed by atoms with Gasteiger partial charge < -0.3 is 10.1 Å². The highest BCUT2D eigenvalue weighted by Crippen LogP contribution is 2.19. The Labute approximate surface area is 217 Å². The van der Waals surface area contributed by atoms with Gasteiger partial charge in [0, 0.05) is 9.26 Å². The Morgan fingerprint density at radius 3 is 2.26 bits per heavy atom. The molecule has 182 valence electrons. The maximum Gasteiger partial charge on any atom is 0.262 e. The predicted molar refractivity (Wildman–Crippen MR) is 144 cm³/mol. The number of carbonyl (C=O) groups excluding carboxylic acids is 2. The van der Waals surface area contributed by atoms with Gasteiger partial charge in [-0.1, -0.05) is 18.2 Å². The number of rotatable bonds is 10. The van der Waals surface area contributed by atoms with Gasteiger partial charge in [-0.05, 0) is 88.8 Å². The summed E-state index contributed by atoms with van der Waals surface area (Å²) >= 11 is 2.11. The monoisotopic (exact) mass is 606 g/mol. The minimum atomic E-state index is -3.66. The van der Waals surface area contributed by atoms with E-state index in [1.54, 1.807) is 60.7 Å². The van der Waals surface area contributed by atoms with Gasteiger partial charge in [-0.25, -0.2) is 13.8 Å². The average Bonchev–Trinajstić information content (AvgIpc) is 2.83.